The molecule has 2 heterocycles. The summed E-state index contributed by atoms with van der Waals surface area (Å²) >= 11 is 0. The highest BCUT2D eigenvalue weighted by Crippen LogP contribution is 2.22. The summed E-state index contributed by atoms with van der Waals surface area (Å²) < 4.78 is 28.6. The van der Waals surface area contributed by atoms with Gasteiger partial charge in [0.15, 0.2) is 9.84 Å². The number of rotatable bonds is 6. The van der Waals surface area contributed by atoms with Crippen LogP contribution < -0.4 is 15.0 Å². The van der Waals surface area contributed by atoms with Gasteiger partial charge in [-0.25, -0.2) is 18.4 Å². The van der Waals surface area contributed by atoms with Crippen LogP contribution in [0.1, 0.15) is 23.8 Å². The smallest absolute Gasteiger partial charge is 0.274 e. The molecule has 1 aromatic heterocycles. The van der Waals surface area contributed by atoms with Crippen molar-refractivity contribution in [3.63, 3.8) is 0 Å². The molecule has 3 rings (SSSR count). The summed E-state index contributed by atoms with van der Waals surface area (Å²) in [6, 6.07) is 8.34. The van der Waals surface area contributed by atoms with E-state index in [1.54, 1.807) is 31.4 Å². The summed E-state index contributed by atoms with van der Waals surface area (Å²) in [6.07, 6.45) is 2.05. The molecule has 1 unspecified atom stereocenters. The number of hydrogen-bond acceptors (Lipinski definition) is 7. The third kappa shape index (κ3) is 4.54. The normalized spacial score (nSPS) is 18.1. The molecular weight excluding hydrogens is 368 g/mol. The van der Waals surface area contributed by atoms with E-state index in [2.05, 4.69) is 15.3 Å². The zero-order valence-corrected chi connectivity index (χ0v) is 16.1. The molecule has 2 aromatic rings. The fraction of sp³-hybridized carbons (Fsp3) is 0.389. The van der Waals surface area contributed by atoms with Gasteiger partial charge in [0.2, 0.25) is 5.95 Å². The van der Waals surface area contributed by atoms with E-state index in [-0.39, 0.29) is 29.1 Å². The Morgan fingerprint density at radius 1 is 1.30 bits per heavy atom. The van der Waals surface area contributed by atoms with Crippen LogP contribution >= 0.6 is 0 Å². The minimum absolute atomic E-state index is 0.0898. The van der Waals surface area contributed by atoms with Gasteiger partial charge >= 0.3 is 0 Å². The molecule has 0 spiro atoms. The predicted molar refractivity (Wildman–Crippen MR) is 103 cm³/mol. The van der Waals surface area contributed by atoms with Crippen molar-refractivity contribution in [2.75, 3.05) is 35.4 Å². The number of amides is 1. The zero-order valence-electron chi connectivity index (χ0n) is 15.3. The second-order valence-corrected chi connectivity index (χ2v) is 8.50. The van der Waals surface area contributed by atoms with E-state index in [0.29, 0.717) is 30.4 Å². The van der Waals surface area contributed by atoms with Crippen LogP contribution in [0.3, 0.4) is 0 Å². The summed E-state index contributed by atoms with van der Waals surface area (Å²) in [5.41, 5.74) is 0.838. The van der Waals surface area contributed by atoms with Gasteiger partial charge in [-0.1, -0.05) is 0 Å². The van der Waals surface area contributed by atoms with Gasteiger partial charge in [0.1, 0.15) is 11.4 Å². The Kier molecular flexibility index (Phi) is 5.59. The lowest BCUT2D eigenvalue weighted by Gasteiger charge is -2.26. The Bertz CT molecular complexity index is 915. The SMILES string of the molecule is CCN(c1nccc(C(=O)Nc2ccc(OC)cc2)n1)C1CCS(=O)(=O)C1. The lowest BCUT2D eigenvalue weighted by atomic mass is 10.2. The average molecular weight is 390 g/mol. The van der Waals surface area contributed by atoms with Crippen LogP contribution in [0.15, 0.2) is 36.5 Å². The lowest BCUT2D eigenvalue weighted by Crippen LogP contribution is -2.37. The summed E-state index contributed by atoms with van der Waals surface area (Å²) in [5, 5.41) is 2.78. The second kappa shape index (κ2) is 7.91. The molecule has 1 aliphatic heterocycles. The van der Waals surface area contributed by atoms with Crippen LogP contribution in [-0.2, 0) is 9.84 Å². The Labute approximate surface area is 158 Å². The van der Waals surface area contributed by atoms with Gasteiger partial charge in [0.25, 0.3) is 5.91 Å². The molecule has 1 amide bonds. The van der Waals surface area contributed by atoms with Gasteiger partial charge in [0.05, 0.1) is 18.6 Å². The van der Waals surface area contributed by atoms with E-state index in [9.17, 15) is 13.2 Å². The van der Waals surface area contributed by atoms with Gasteiger partial charge in [-0.05, 0) is 43.7 Å². The van der Waals surface area contributed by atoms with Crippen molar-refractivity contribution in [3.05, 3.63) is 42.2 Å². The fourth-order valence-corrected chi connectivity index (χ4v) is 4.80. The third-order valence-corrected chi connectivity index (χ3v) is 6.22. The maximum Gasteiger partial charge on any atom is 0.274 e. The number of aromatic nitrogens is 2. The quantitative estimate of drug-likeness (QED) is 0.802. The molecule has 0 radical (unpaired) electrons. The number of nitrogens with one attached hydrogen (secondary N) is 1. The van der Waals surface area contributed by atoms with E-state index in [1.165, 1.54) is 12.3 Å². The van der Waals surface area contributed by atoms with Gasteiger partial charge < -0.3 is 15.0 Å². The number of methoxy groups -OCH3 is 1. The maximum absolute atomic E-state index is 12.5. The summed E-state index contributed by atoms with van der Waals surface area (Å²) in [4.78, 5) is 22.9. The first-order chi connectivity index (χ1) is 12.9. The molecule has 8 nitrogen and oxygen atoms in total. The highest BCUT2D eigenvalue weighted by molar-refractivity contribution is 7.91. The molecule has 1 saturated heterocycles. The Hall–Kier alpha value is -2.68. The van der Waals surface area contributed by atoms with E-state index < -0.39 is 9.84 Å². The third-order valence-electron chi connectivity index (χ3n) is 4.47. The average Bonchev–Trinajstić information content (AvgIpc) is 3.02. The van der Waals surface area contributed by atoms with Crippen molar-refractivity contribution in [1.29, 1.82) is 0 Å². The molecule has 9 heteroatoms. The Morgan fingerprint density at radius 2 is 2.04 bits per heavy atom. The lowest BCUT2D eigenvalue weighted by molar-refractivity contribution is 0.102. The topological polar surface area (TPSA) is 101 Å². The molecule has 144 valence electrons. The number of benzene rings is 1. The molecule has 1 atom stereocenters. The Balaban J connectivity index is 1.76. The number of sulfone groups is 1. The summed E-state index contributed by atoms with van der Waals surface area (Å²) in [6.45, 7) is 2.47. The number of ether oxygens (including phenoxy) is 1. The van der Waals surface area contributed by atoms with Crippen LogP contribution in [0, 0.1) is 0 Å². The standard InChI is InChI=1S/C18H22N4O4S/c1-3-22(14-9-11-27(24,25)12-14)18-19-10-8-16(21-18)17(23)20-13-4-6-15(26-2)7-5-13/h4-8,10,14H,3,9,11-12H2,1-2H3,(H,20,23). The van der Waals surface area contributed by atoms with E-state index >= 15 is 0 Å². The molecular formula is C18H22N4O4S. The van der Waals surface area contributed by atoms with Gasteiger partial charge in [-0.2, -0.15) is 0 Å². The Morgan fingerprint density at radius 3 is 2.63 bits per heavy atom. The largest absolute Gasteiger partial charge is 0.497 e. The molecule has 1 aliphatic rings. The van der Waals surface area contributed by atoms with Crippen molar-refractivity contribution in [1.82, 2.24) is 9.97 Å². The van der Waals surface area contributed by atoms with Gasteiger partial charge in [0, 0.05) is 24.5 Å². The molecule has 1 N–H and O–H groups in total. The van der Waals surface area contributed by atoms with Crippen molar-refractivity contribution in [2.45, 2.75) is 19.4 Å². The first-order valence-electron chi connectivity index (χ1n) is 8.67. The number of hydrogen-bond donors (Lipinski definition) is 1. The minimum atomic E-state index is -3.02. The maximum atomic E-state index is 12.5. The molecule has 0 bridgehead atoms. The van der Waals surface area contributed by atoms with E-state index in [0.717, 1.165) is 0 Å². The summed E-state index contributed by atoms with van der Waals surface area (Å²) in [7, 11) is -1.44. The number of nitrogens with zero attached hydrogens (tertiary/aromatic N) is 3. The van der Waals surface area contributed by atoms with Crippen LogP contribution in [0.25, 0.3) is 0 Å². The first kappa shape index (κ1) is 19.1. The first-order valence-corrected chi connectivity index (χ1v) is 10.5. The van der Waals surface area contributed by atoms with Crippen molar-refractivity contribution < 1.29 is 17.9 Å². The van der Waals surface area contributed by atoms with Crippen molar-refractivity contribution in [3.8, 4) is 5.75 Å². The molecule has 1 aromatic carbocycles. The number of carbonyl (C=O) groups excluding carboxylic acids is 1. The van der Waals surface area contributed by atoms with Gasteiger partial charge in [-0.15, -0.1) is 0 Å². The van der Waals surface area contributed by atoms with Crippen LogP contribution in [0.4, 0.5) is 11.6 Å². The van der Waals surface area contributed by atoms with Crippen LogP contribution in [0.5, 0.6) is 5.75 Å². The van der Waals surface area contributed by atoms with Crippen molar-refractivity contribution in [2.24, 2.45) is 0 Å². The second-order valence-electron chi connectivity index (χ2n) is 6.27. The molecule has 27 heavy (non-hydrogen) atoms. The molecule has 1 fully saturated rings. The van der Waals surface area contributed by atoms with Gasteiger partial charge in [-0.3, -0.25) is 4.79 Å². The highest BCUT2D eigenvalue weighted by Gasteiger charge is 2.33. The highest BCUT2D eigenvalue weighted by atomic mass is 32.2. The van der Waals surface area contributed by atoms with Crippen LogP contribution in [0.2, 0.25) is 0 Å². The number of carbonyl (C=O) groups is 1. The summed E-state index contributed by atoms with van der Waals surface area (Å²) in [5.74, 6) is 0.960. The predicted octanol–water partition coefficient (Wildman–Crippen LogP) is 1.75. The molecule has 0 saturated carbocycles. The van der Waals surface area contributed by atoms with E-state index in [1.807, 2.05) is 11.8 Å². The number of anilines is 2. The zero-order chi connectivity index (χ0) is 19.4. The molecule has 0 aliphatic carbocycles. The monoisotopic (exact) mass is 390 g/mol. The minimum Gasteiger partial charge on any atom is -0.497 e. The fourth-order valence-electron chi connectivity index (χ4n) is 3.07. The van der Waals surface area contributed by atoms with E-state index in [4.69, 9.17) is 4.74 Å². The van der Waals surface area contributed by atoms with Crippen LogP contribution in [-0.4, -0.2) is 55.5 Å². The van der Waals surface area contributed by atoms with Crippen molar-refractivity contribution >= 4 is 27.4 Å².